The van der Waals surface area contributed by atoms with E-state index in [4.69, 9.17) is 0 Å². The van der Waals surface area contributed by atoms with Crippen LogP contribution in [0.2, 0.25) is 0 Å². The normalized spacial score (nSPS) is 18.4. The number of benzene rings is 1. The lowest BCUT2D eigenvalue weighted by Gasteiger charge is -2.36. The first-order valence-corrected chi connectivity index (χ1v) is 12.4. The second kappa shape index (κ2) is 9.90. The zero-order chi connectivity index (χ0) is 21.8. The molecule has 1 atom stereocenters. The van der Waals surface area contributed by atoms with Gasteiger partial charge in [0.1, 0.15) is 6.04 Å². The Labute approximate surface area is 188 Å². The molecule has 4 rings (SSSR count). The quantitative estimate of drug-likeness (QED) is 0.668. The summed E-state index contributed by atoms with van der Waals surface area (Å²) in [6.45, 7) is 4.31. The van der Waals surface area contributed by atoms with Gasteiger partial charge >= 0.3 is 0 Å². The molecule has 1 aromatic carbocycles. The summed E-state index contributed by atoms with van der Waals surface area (Å²) in [5.74, 6) is 0.140. The van der Waals surface area contributed by atoms with Crippen molar-refractivity contribution in [1.29, 1.82) is 0 Å². The summed E-state index contributed by atoms with van der Waals surface area (Å²) < 4.78 is 3.89. The fourth-order valence-electron chi connectivity index (χ4n) is 4.92. The monoisotopic (exact) mass is 440 g/mol. The molecule has 0 spiro atoms. The van der Waals surface area contributed by atoms with Gasteiger partial charge in [-0.05, 0) is 54.3 Å². The van der Waals surface area contributed by atoms with Gasteiger partial charge in [-0.15, -0.1) is 5.10 Å². The van der Waals surface area contributed by atoms with E-state index < -0.39 is 6.04 Å². The SMILES string of the molecule is CC(C)c1ccc([C@H](C(=O)NC2CCCC2)N(C(=O)c2csnn2)C2CCCC2)cc1. The number of nitrogens with zero attached hydrogens (tertiary/aromatic N) is 3. The second-order valence-electron chi connectivity index (χ2n) is 9.15. The standard InChI is InChI=1S/C24H32N4O2S/c1-16(2)17-11-13-18(14-12-17)22(23(29)25-19-7-3-4-8-19)28(20-9-5-6-10-20)24(30)21-15-31-27-26-21/h11-16,19-20,22H,3-10H2,1-2H3,(H,25,29)/t22-/m1/s1. The van der Waals surface area contributed by atoms with E-state index in [2.05, 4.69) is 40.9 Å². The molecule has 0 aliphatic heterocycles. The largest absolute Gasteiger partial charge is 0.351 e. The van der Waals surface area contributed by atoms with Crippen molar-refractivity contribution in [2.75, 3.05) is 0 Å². The van der Waals surface area contributed by atoms with Gasteiger partial charge in [0.25, 0.3) is 5.91 Å². The molecule has 166 valence electrons. The van der Waals surface area contributed by atoms with Crippen LogP contribution in [-0.2, 0) is 4.79 Å². The van der Waals surface area contributed by atoms with Crippen molar-refractivity contribution in [3.8, 4) is 0 Å². The molecule has 0 saturated heterocycles. The lowest BCUT2D eigenvalue weighted by Crippen LogP contribution is -2.49. The fourth-order valence-corrected chi connectivity index (χ4v) is 5.35. The molecule has 0 bridgehead atoms. The van der Waals surface area contributed by atoms with Gasteiger partial charge in [-0.3, -0.25) is 9.59 Å². The minimum Gasteiger partial charge on any atom is -0.351 e. The van der Waals surface area contributed by atoms with E-state index in [-0.39, 0.29) is 23.9 Å². The lowest BCUT2D eigenvalue weighted by atomic mass is 9.96. The van der Waals surface area contributed by atoms with Crippen molar-refractivity contribution in [1.82, 2.24) is 19.8 Å². The van der Waals surface area contributed by atoms with Gasteiger partial charge in [0.2, 0.25) is 5.91 Å². The van der Waals surface area contributed by atoms with Gasteiger partial charge in [-0.25, -0.2) is 0 Å². The summed E-state index contributed by atoms with van der Waals surface area (Å²) >= 11 is 1.17. The Hall–Kier alpha value is -2.28. The van der Waals surface area contributed by atoms with Crippen LogP contribution in [0.4, 0.5) is 0 Å². The van der Waals surface area contributed by atoms with Crippen LogP contribution < -0.4 is 5.32 Å². The van der Waals surface area contributed by atoms with Crippen molar-refractivity contribution < 1.29 is 9.59 Å². The minimum atomic E-state index is -0.654. The maximum atomic E-state index is 13.7. The van der Waals surface area contributed by atoms with Crippen LogP contribution in [0.3, 0.4) is 0 Å². The maximum Gasteiger partial charge on any atom is 0.276 e. The Morgan fingerprint density at radius 3 is 2.19 bits per heavy atom. The molecule has 2 aliphatic carbocycles. The zero-order valence-electron chi connectivity index (χ0n) is 18.4. The first kappa shape index (κ1) is 21.9. The van der Waals surface area contributed by atoms with Gasteiger partial charge in [0, 0.05) is 17.5 Å². The summed E-state index contributed by atoms with van der Waals surface area (Å²) in [5, 5.41) is 8.96. The molecule has 2 fully saturated rings. The van der Waals surface area contributed by atoms with E-state index in [0.717, 1.165) is 56.9 Å². The van der Waals surface area contributed by atoms with Crippen LogP contribution in [0.25, 0.3) is 0 Å². The average Bonchev–Trinajstić information content (AvgIpc) is 3.55. The van der Waals surface area contributed by atoms with Crippen LogP contribution in [0.1, 0.15) is 98.8 Å². The Balaban J connectivity index is 1.71. The first-order valence-electron chi connectivity index (χ1n) is 11.5. The number of carbonyl (C=O) groups is 2. The van der Waals surface area contributed by atoms with E-state index in [0.29, 0.717) is 11.6 Å². The minimum absolute atomic E-state index is 0.0401. The number of hydrogen-bond donors (Lipinski definition) is 1. The second-order valence-corrected chi connectivity index (χ2v) is 9.76. The Bertz CT molecular complexity index is 869. The van der Waals surface area contributed by atoms with E-state index >= 15 is 0 Å². The summed E-state index contributed by atoms with van der Waals surface area (Å²) in [7, 11) is 0. The predicted octanol–water partition coefficient (Wildman–Crippen LogP) is 4.85. The predicted molar refractivity (Wildman–Crippen MR) is 122 cm³/mol. The molecule has 2 amide bonds. The lowest BCUT2D eigenvalue weighted by molar-refractivity contribution is -0.127. The van der Waals surface area contributed by atoms with Gasteiger partial charge < -0.3 is 10.2 Å². The molecule has 7 heteroatoms. The molecular weight excluding hydrogens is 408 g/mol. The molecule has 1 N–H and O–H groups in total. The van der Waals surface area contributed by atoms with Crippen molar-refractivity contribution >= 4 is 23.3 Å². The Morgan fingerprint density at radius 2 is 1.61 bits per heavy atom. The maximum absolute atomic E-state index is 13.7. The number of hydrogen-bond acceptors (Lipinski definition) is 5. The van der Waals surface area contributed by atoms with Crippen LogP contribution in [-0.4, -0.2) is 38.4 Å². The van der Waals surface area contributed by atoms with Gasteiger partial charge in [0.05, 0.1) is 0 Å². The third kappa shape index (κ3) is 4.97. The molecular formula is C24H32N4O2S. The molecule has 2 aromatic rings. The zero-order valence-corrected chi connectivity index (χ0v) is 19.2. The number of rotatable bonds is 7. The summed E-state index contributed by atoms with van der Waals surface area (Å²) in [4.78, 5) is 29.0. The average molecular weight is 441 g/mol. The van der Waals surface area contributed by atoms with E-state index in [9.17, 15) is 9.59 Å². The summed E-state index contributed by atoms with van der Waals surface area (Å²) in [5.41, 5.74) is 2.42. The van der Waals surface area contributed by atoms with Gasteiger partial charge in [-0.2, -0.15) is 0 Å². The smallest absolute Gasteiger partial charge is 0.276 e. The topological polar surface area (TPSA) is 75.2 Å². The first-order chi connectivity index (χ1) is 15.0. The fraction of sp³-hybridized carbons (Fsp3) is 0.583. The molecule has 2 aliphatic rings. The highest BCUT2D eigenvalue weighted by molar-refractivity contribution is 7.03. The Morgan fingerprint density at radius 1 is 1.00 bits per heavy atom. The highest BCUT2D eigenvalue weighted by Gasteiger charge is 2.39. The van der Waals surface area contributed by atoms with Crippen molar-refractivity contribution in [2.24, 2.45) is 0 Å². The molecule has 1 heterocycles. The molecule has 1 aromatic heterocycles. The summed E-state index contributed by atoms with van der Waals surface area (Å²) in [6.07, 6.45) is 8.31. The van der Waals surface area contributed by atoms with E-state index in [1.807, 2.05) is 12.1 Å². The molecule has 0 radical (unpaired) electrons. The Kier molecular flexibility index (Phi) is 7.00. The summed E-state index contributed by atoms with van der Waals surface area (Å²) in [6, 6.07) is 7.78. The molecule has 6 nitrogen and oxygen atoms in total. The number of nitrogens with one attached hydrogen (secondary N) is 1. The number of aromatic nitrogens is 2. The van der Waals surface area contributed by atoms with Crippen molar-refractivity contribution in [3.63, 3.8) is 0 Å². The number of amides is 2. The number of carbonyl (C=O) groups excluding carboxylic acids is 2. The van der Waals surface area contributed by atoms with E-state index in [1.165, 1.54) is 17.1 Å². The van der Waals surface area contributed by atoms with Gasteiger partial charge in [-0.1, -0.05) is 68.3 Å². The van der Waals surface area contributed by atoms with Crippen LogP contribution in [0.5, 0.6) is 0 Å². The van der Waals surface area contributed by atoms with Crippen molar-refractivity contribution in [2.45, 2.75) is 89.3 Å². The highest BCUT2D eigenvalue weighted by atomic mass is 32.1. The van der Waals surface area contributed by atoms with Gasteiger partial charge in [0.15, 0.2) is 5.69 Å². The van der Waals surface area contributed by atoms with Crippen LogP contribution in [0.15, 0.2) is 29.6 Å². The van der Waals surface area contributed by atoms with E-state index in [1.54, 1.807) is 10.3 Å². The molecule has 2 saturated carbocycles. The third-order valence-corrected chi connectivity index (χ3v) is 7.18. The molecule has 31 heavy (non-hydrogen) atoms. The third-order valence-electron chi connectivity index (χ3n) is 6.68. The molecule has 0 unspecified atom stereocenters. The van der Waals surface area contributed by atoms with Crippen molar-refractivity contribution in [3.05, 3.63) is 46.5 Å². The van der Waals surface area contributed by atoms with Crippen LogP contribution in [0, 0.1) is 0 Å². The highest BCUT2D eigenvalue weighted by Crippen LogP contribution is 2.34. The van der Waals surface area contributed by atoms with Crippen LogP contribution >= 0.6 is 11.5 Å².